The summed E-state index contributed by atoms with van der Waals surface area (Å²) in [6.07, 6.45) is 2.73. The number of hydrogen-bond acceptors (Lipinski definition) is 5. The summed E-state index contributed by atoms with van der Waals surface area (Å²) in [5, 5.41) is -1.19. The van der Waals surface area contributed by atoms with Crippen LogP contribution in [0.5, 0.6) is 0 Å². The summed E-state index contributed by atoms with van der Waals surface area (Å²) in [7, 11) is 0.406. The van der Waals surface area contributed by atoms with Crippen LogP contribution in [0.25, 0.3) is 0 Å². The van der Waals surface area contributed by atoms with Crippen molar-refractivity contribution in [2.75, 3.05) is 21.3 Å². The van der Waals surface area contributed by atoms with Gasteiger partial charge in [0.05, 0.1) is 7.11 Å². The van der Waals surface area contributed by atoms with E-state index in [2.05, 4.69) is 0 Å². The minimum atomic E-state index is -3.47. The van der Waals surface area contributed by atoms with Gasteiger partial charge in [-0.25, -0.2) is 0 Å². The molecule has 1 rings (SSSR count). The van der Waals surface area contributed by atoms with Crippen molar-refractivity contribution in [3.63, 3.8) is 0 Å². The standard InChI is InChI=1S/C10H19O5P/c1-10(9(11)13-2,8-6-5-7-8)16(12,14-3)15-4/h8H,5-7H2,1-4H3. The molecule has 0 amide bonds. The molecule has 0 saturated heterocycles. The molecule has 0 radical (unpaired) electrons. The van der Waals surface area contributed by atoms with Gasteiger partial charge in [0.1, 0.15) is 0 Å². The molecule has 1 atom stereocenters. The SMILES string of the molecule is COC(=O)C(C)(C1CCC1)P(=O)(OC)OC. The monoisotopic (exact) mass is 250 g/mol. The van der Waals surface area contributed by atoms with Crippen LogP contribution in [-0.2, 0) is 23.1 Å². The molecule has 6 heteroatoms. The average Bonchev–Trinajstić information content (AvgIpc) is 2.23. The molecule has 1 unspecified atom stereocenters. The fraction of sp³-hybridized carbons (Fsp3) is 0.900. The predicted octanol–water partition coefficient (Wildman–Crippen LogP) is 2.20. The predicted molar refractivity (Wildman–Crippen MR) is 59.4 cm³/mol. The second-order valence-electron chi connectivity index (χ2n) is 4.13. The van der Waals surface area contributed by atoms with Crippen molar-refractivity contribution in [1.29, 1.82) is 0 Å². The minimum Gasteiger partial charge on any atom is -0.468 e. The normalized spacial score (nSPS) is 21.0. The highest BCUT2D eigenvalue weighted by Crippen LogP contribution is 2.65. The van der Waals surface area contributed by atoms with E-state index in [1.165, 1.54) is 21.3 Å². The lowest BCUT2D eigenvalue weighted by molar-refractivity contribution is -0.146. The summed E-state index contributed by atoms with van der Waals surface area (Å²) < 4.78 is 27.1. The summed E-state index contributed by atoms with van der Waals surface area (Å²) >= 11 is 0. The Morgan fingerprint density at radius 1 is 1.25 bits per heavy atom. The molecule has 1 saturated carbocycles. The molecule has 0 aliphatic heterocycles. The fourth-order valence-electron chi connectivity index (χ4n) is 2.13. The van der Waals surface area contributed by atoms with Crippen LogP contribution in [0.1, 0.15) is 26.2 Å². The third-order valence-corrected chi connectivity index (χ3v) is 6.20. The van der Waals surface area contributed by atoms with Gasteiger partial charge in [-0.05, 0) is 25.7 Å². The van der Waals surface area contributed by atoms with Gasteiger partial charge in [-0.1, -0.05) is 6.42 Å². The molecule has 5 nitrogen and oxygen atoms in total. The molecule has 0 bridgehead atoms. The van der Waals surface area contributed by atoms with Crippen LogP contribution >= 0.6 is 7.60 Å². The molecule has 0 aromatic rings. The third-order valence-electron chi connectivity index (χ3n) is 3.55. The maximum absolute atomic E-state index is 12.5. The lowest BCUT2D eigenvalue weighted by Gasteiger charge is -2.42. The highest BCUT2D eigenvalue weighted by Gasteiger charge is 2.59. The van der Waals surface area contributed by atoms with E-state index in [9.17, 15) is 9.36 Å². The van der Waals surface area contributed by atoms with Gasteiger partial charge in [0, 0.05) is 14.2 Å². The van der Waals surface area contributed by atoms with Gasteiger partial charge >= 0.3 is 13.6 Å². The Morgan fingerprint density at radius 3 is 2.00 bits per heavy atom. The van der Waals surface area contributed by atoms with Crippen molar-refractivity contribution in [2.45, 2.75) is 31.3 Å². The maximum atomic E-state index is 12.5. The van der Waals surface area contributed by atoms with E-state index in [-0.39, 0.29) is 5.92 Å². The lowest BCUT2D eigenvalue weighted by atomic mass is 9.76. The second kappa shape index (κ2) is 4.86. The van der Waals surface area contributed by atoms with Gasteiger partial charge in [0.2, 0.25) is 0 Å². The van der Waals surface area contributed by atoms with Crippen molar-refractivity contribution >= 4 is 13.6 Å². The third kappa shape index (κ3) is 1.81. The van der Waals surface area contributed by atoms with E-state index in [4.69, 9.17) is 13.8 Å². The van der Waals surface area contributed by atoms with E-state index in [0.29, 0.717) is 0 Å². The molecule has 0 N–H and O–H groups in total. The van der Waals surface area contributed by atoms with E-state index >= 15 is 0 Å². The fourth-order valence-corrected chi connectivity index (χ4v) is 4.06. The van der Waals surface area contributed by atoms with E-state index < -0.39 is 18.7 Å². The molecule has 0 aromatic heterocycles. The van der Waals surface area contributed by atoms with Crippen LogP contribution in [0.3, 0.4) is 0 Å². The number of ether oxygens (including phenoxy) is 1. The quantitative estimate of drug-likeness (QED) is 0.553. The van der Waals surface area contributed by atoms with Crippen molar-refractivity contribution in [2.24, 2.45) is 5.92 Å². The number of methoxy groups -OCH3 is 1. The average molecular weight is 250 g/mol. The molecule has 0 aromatic carbocycles. The zero-order valence-corrected chi connectivity index (χ0v) is 11.1. The Balaban J connectivity index is 3.12. The lowest BCUT2D eigenvalue weighted by Crippen LogP contribution is -2.47. The van der Waals surface area contributed by atoms with Crippen molar-refractivity contribution < 1.29 is 23.1 Å². The van der Waals surface area contributed by atoms with Crippen LogP contribution in [0.2, 0.25) is 0 Å². The number of hydrogen-bond donors (Lipinski definition) is 0. The second-order valence-corrected chi connectivity index (χ2v) is 6.78. The number of carbonyl (C=O) groups is 1. The van der Waals surface area contributed by atoms with Crippen molar-refractivity contribution in [1.82, 2.24) is 0 Å². The number of rotatable bonds is 5. The van der Waals surface area contributed by atoms with E-state index in [1.54, 1.807) is 6.92 Å². The zero-order valence-electron chi connectivity index (χ0n) is 10.2. The van der Waals surface area contributed by atoms with E-state index in [0.717, 1.165) is 19.3 Å². The molecule has 16 heavy (non-hydrogen) atoms. The van der Waals surface area contributed by atoms with Gasteiger partial charge in [-0.3, -0.25) is 9.36 Å². The Kier molecular flexibility index (Phi) is 4.16. The summed E-state index contributed by atoms with van der Waals surface area (Å²) in [4.78, 5) is 11.9. The molecular weight excluding hydrogens is 231 g/mol. The van der Waals surface area contributed by atoms with Crippen LogP contribution in [-0.4, -0.2) is 32.5 Å². The molecule has 0 heterocycles. The summed E-state index contributed by atoms with van der Waals surface area (Å²) in [5.74, 6) is -0.519. The maximum Gasteiger partial charge on any atom is 0.347 e. The molecule has 1 fully saturated rings. The van der Waals surface area contributed by atoms with Crippen LogP contribution in [0.4, 0.5) is 0 Å². The van der Waals surface area contributed by atoms with Crippen LogP contribution in [0, 0.1) is 5.92 Å². The highest BCUT2D eigenvalue weighted by molar-refractivity contribution is 7.56. The van der Waals surface area contributed by atoms with Crippen LogP contribution in [0.15, 0.2) is 0 Å². The number of esters is 1. The minimum absolute atomic E-state index is 0.00526. The topological polar surface area (TPSA) is 61.8 Å². The zero-order chi connectivity index (χ0) is 12.4. The van der Waals surface area contributed by atoms with Crippen LogP contribution < -0.4 is 0 Å². The smallest absolute Gasteiger partial charge is 0.347 e. The molecule has 94 valence electrons. The van der Waals surface area contributed by atoms with E-state index in [1.807, 2.05) is 0 Å². The van der Waals surface area contributed by atoms with Gasteiger partial charge in [0.15, 0.2) is 5.16 Å². The first kappa shape index (κ1) is 13.7. The van der Waals surface area contributed by atoms with Gasteiger partial charge in [-0.15, -0.1) is 0 Å². The Hall–Kier alpha value is -0.380. The Morgan fingerprint density at radius 2 is 1.75 bits per heavy atom. The number of carbonyl (C=O) groups excluding carboxylic acids is 1. The first-order valence-corrected chi connectivity index (χ1v) is 6.80. The Labute approximate surface area is 96.0 Å². The summed E-state index contributed by atoms with van der Waals surface area (Å²) in [6, 6.07) is 0. The molecular formula is C10H19O5P. The van der Waals surface area contributed by atoms with Gasteiger partial charge < -0.3 is 13.8 Å². The molecule has 1 aliphatic carbocycles. The van der Waals surface area contributed by atoms with Crippen molar-refractivity contribution in [3.8, 4) is 0 Å². The summed E-state index contributed by atoms with van der Waals surface area (Å²) in [6.45, 7) is 1.61. The molecule has 1 aliphatic rings. The first-order chi connectivity index (χ1) is 7.46. The molecule has 0 spiro atoms. The Bertz CT molecular complexity index is 304. The van der Waals surface area contributed by atoms with Gasteiger partial charge in [-0.2, -0.15) is 0 Å². The first-order valence-electron chi connectivity index (χ1n) is 5.26. The van der Waals surface area contributed by atoms with Gasteiger partial charge in [0.25, 0.3) is 0 Å². The largest absolute Gasteiger partial charge is 0.468 e. The van der Waals surface area contributed by atoms with Crippen molar-refractivity contribution in [3.05, 3.63) is 0 Å². The summed E-state index contributed by atoms with van der Waals surface area (Å²) in [5.41, 5.74) is 0. The highest BCUT2D eigenvalue weighted by atomic mass is 31.2.